The van der Waals surface area contributed by atoms with E-state index in [0.29, 0.717) is 17.2 Å². The number of anilines is 2. The Hall–Kier alpha value is -3.72. The van der Waals surface area contributed by atoms with Crippen LogP contribution in [0.25, 0.3) is 11.3 Å². The Morgan fingerprint density at radius 2 is 1.79 bits per heavy atom. The first-order chi connectivity index (χ1) is 16.1. The van der Waals surface area contributed by atoms with Crippen molar-refractivity contribution in [2.24, 2.45) is 5.92 Å². The highest BCUT2D eigenvalue weighted by atomic mass is 19.1. The van der Waals surface area contributed by atoms with Gasteiger partial charge in [-0.1, -0.05) is 43.2 Å². The molecule has 0 spiro atoms. The van der Waals surface area contributed by atoms with Crippen molar-refractivity contribution in [1.29, 1.82) is 0 Å². The van der Waals surface area contributed by atoms with Gasteiger partial charge in [-0.3, -0.25) is 15.4 Å². The second-order valence-electron chi connectivity index (χ2n) is 8.39. The van der Waals surface area contributed by atoms with E-state index in [1.54, 1.807) is 10.7 Å². The Balaban J connectivity index is 1.42. The van der Waals surface area contributed by atoms with Gasteiger partial charge in [-0.15, -0.1) is 0 Å². The lowest BCUT2D eigenvalue weighted by atomic mass is 9.83. The van der Waals surface area contributed by atoms with Gasteiger partial charge >= 0.3 is 6.03 Å². The molecule has 0 radical (unpaired) electrons. The molecule has 2 aliphatic rings. The molecular weight excluding hydrogens is 423 g/mol. The molecular formula is C24H25FN6O2. The monoisotopic (exact) mass is 448 g/mol. The highest BCUT2D eigenvalue weighted by molar-refractivity contribution is 5.99. The number of aromatic nitrogens is 2. The first-order valence-electron chi connectivity index (χ1n) is 11.1. The van der Waals surface area contributed by atoms with Crippen molar-refractivity contribution < 1.29 is 14.0 Å². The summed E-state index contributed by atoms with van der Waals surface area (Å²) in [4.78, 5) is 25.4. The fraction of sp³-hybridized carbons (Fsp3) is 0.292. The number of nitrogens with one attached hydrogen (secondary N) is 4. The summed E-state index contributed by atoms with van der Waals surface area (Å²) in [7, 11) is 0. The van der Waals surface area contributed by atoms with Crippen molar-refractivity contribution in [1.82, 2.24) is 20.4 Å². The molecule has 2 heterocycles. The second kappa shape index (κ2) is 9.03. The number of carbonyl (C=O) groups excluding carboxylic acids is 2. The van der Waals surface area contributed by atoms with Gasteiger partial charge in [0.15, 0.2) is 6.29 Å². The van der Waals surface area contributed by atoms with Gasteiger partial charge in [-0.2, -0.15) is 5.10 Å². The van der Waals surface area contributed by atoms with Crippen LogP contribution in [0, 0.1) is 11.7 Å². The average molecular weight is 449 g/mol. The van der Waals surface area contributed by atoms with Crippen LogP contribution < -0.4 is 21.3 Å². The number of amides is 3. The smallest absolute Gasteiger partial charge is 0.322 e. The van der Waals surface area contributed by atoms with Crippen molar-refractivity contribution in [3.8, 4) is 11.3 Å². The summed E-state index contributed by atoms with van der Waals surface area (Å²) in [5, 5.41) is 16.7. The summed E-state index contributed by atoms with van der Waals surface area (Å²) in [5.74, 6) is -0.00791. The van der Waals surface area contributed by atoms with E-state index in [4.69, 9.17) is 5.10 Å². The van der Waals surface area contributed by atoms with Crippen LogP contribution in [-0.4, -0.2) is 27.8 Å². The third-order valence-corrected chi connectivity index (χ3v) is 6.15. The SMILES string of the molecule is O=C(Nc1ccc(F)cc1)Nc1cc(-c2ccccc2)nn1C1NC(=O)C2CCCCC2N1. The Labute approximate surface area is 190 Å². The van der Waals surface area contributed by atoms with E-state index in [1.165, 1.54) is 24.3 Å². The molecule has 1 aliphatic heterocycles. The molecule has 1 saturated heterocycles. The molecule has 1 aromatic heterocycles. The number of hydrogen-bond donors (Lipinski definition) is 4. The lowest BCUT2D eigenvalue weighted by Gasteiger charge is -2.40. The Morgan fingerprint density at radius 1 is 1.03 bits per heavy atom. The van der Waals surface area contributed by atoms with Crippen molar-refractivity contribution in [2.75, 3.05) is 10.6 Å². The molecule has 5 rings (SSSR count). The molecule has 2 aromatic carbocycles. The summed E-state index contributed by atoms with van der Waals surface area (Å²) in [5.41, 5.74) is 2.00. The zero-order valence-corrected chi connectivity index (χ0v) is 17.9. The molecule has 33 heavy (non-hydrogen) atoms. The van der Waals surface area contributed by atoms with Crippen LogP contribution in [0.4, 0.5) is 20.7 Å². The van der Waals surface area contributed by atoms with E-state index in [2.05, 4.69) is 21.3 Å². The van der Waals surface area contributed by atoms with Crippen LogP contribution in [0.15, 0.2) is 60.7 Å². The van der Waals surface area contributed by atoms with Gasteiger partial charge in [0.25, 0.3) is 0 Å². The van der Waals surface area contributed by atoms with E-state index >= 15 is 0 Å². The quantitative estimate of drug-likeness (QED) is 0.483. The van der Waals surface area contributed by atoms with Gasteiger partial charge in [0.05, 0.1) is 11.6 Å². The fourth-order valence-corrected chi connectivity index (χ4v) is 4.51. The van der Waals surface area contributed by atoms with Gasteiger partial charge in [-0.05, 0) is 37.1 Å². The molecule has 1 aliphatic carbocycles. The van der Waals surface area contributed by atoms with Gasteiger partial charge in [0.2, 0.25) is 5.91 Å². The Morgan fingerprint density at radius 3 is 2.58 bits per heavy atom. The molecule has 3 atom stereocenters. The third kappa shape index (κ3) is 4.58. The van der Waals surface area contributed by atoms with Crippen LogP contribution in [0.5, 0.6) is 0 Å². The van der Waals surface area contributed by atoms with E-state index in [1.807, 2.05) is 30.3 Å². The van der Waals surface area contributed by atoms with Crippen LogP contribution in [0.3, 0.4) is 0 Å². The minimum absolute atomic E-state index is 0.00178. The molecule has 0 bridgehead atoms. The average Bonchev–Trinajstić information content (AvgIpc) is 3.25. The number of carbonyl (C=O) groups is 2. The molecule has 2 fully saturated rings. The lowest BCUT2D eigenvalue weighted by Crippen LogP contribution is -2.59. The van der Waals surface area contributed by atoms with Crippen molar-refractivity contribution in [3.05, 3.63) is 66.5 Å². The summed E-state index contributed by atoms with van der Waals surface area (Å²) >= 11 is 0. The number of benzene rings is 2. The molecule has 3 aromatic rings. The fourth-order valence-electron chi connectivity index (χ4n) is 4.51. The lowest BCUT2D eigenvalue weighted by molar-refractivity contribution is -0.132. The summed E-state index contributed by atoms with van der Waals surface area (Å²) < 4.78 is 14.8. The molecule has 4 N–H and O–H groups in total. The van der Waals surface area contributed by atoms with E-state index in [0.717, 1.165) is 31.2 Å². The second-order valence-corrected chi connectivity index (χ2v) is 8.39. The Bertz CT molecular complexity index is 1150. The van der Waals surface area contributed by atoms with Gasteiger partial charge < -0.3 is 10.6 Å². The van der Waals surface area contributed by atoms with Crippen LogP contribution in [0.1, 0.15) is 32.0 Å². The predicted molar refractivity (Wildman–Crippen MR) is 123 cm³/mol. The summed E-state index contributed by atoms with van der Waals surface area (Å²) in [6, 6.07) is 16.4. The maximum Gasteiger partial charge on any atom is 0.324 e. The highest BCUT2D eigenvalue weighted by Gasteiger charge is 2.38. The zero-order chi connectivity index (χ0) is 22.8. The minimum Gasteiger partial charge on any atom is -0.322 e. The van der Waals surface area contributed by atoms with Gasteiger partial charge in [0.1, 0.15) is 11.6 Å². The molecule has 3 unspecified atom stereocenters. The normalized spacial score (nSPS) is 22.2. The maximum absolute atomic E-state index is 13.2. The van der Waals surface area contributed by atoms with Crippen molar-refractivity contribution in [2.45, 2.75) is 38.0 Å². The van der Waals surface area contributed by atoms with Crippen LogP contribution in [0.2, 0.25) is 0 Å². The Kier molecular flexibility index (Phi) is 5.78. The molecule has 3 amide bonds. The molecule has 8 nitrogen and oxygen atoms in total. The number of hydrogen-bond acceptors (Lipinski definition) is 4. The summed E-state index contributed by atoms with van der Waals surface area (Å²) in [6.07, 6.45) is 3.34. The maximum atomic E-state index is 13.2. The third-order valence-electron chi connectivity index (χ3n) is 6.15. The van der Waals surface area contributed by atoms with Crippen molar-refractivity contribution in [3.63, 3.8) is 0 Å². The first kappa shape index (κ1) is 21.1. The number of urea groups is 1. The number of fused-ring (bicyclic) bond motifs is 1. The van der Waals surface area contributed by atoms with E-state index in [9.17, 15) is 14.0 Å². The molecule has 1 saturated carbocycles. The largest absolute Gasteiger partial charge is 0.324 e. The molecule has 9 heteroatoms. The van der Waals surface area contributed by atoms with E-state index in [-0.39, 0.29) is 23.7 Å². The standard InChI is InChI=1S/C24H25FN6O2/c25-16-10-12-17(13-11-16)26-24(33)28-21-14-20(15-6-2-1-3-7-15)30-31(21)23-27-19-9-5-4-8-18(19)22(32)29-23/h1-3,6-7,10-14,18-19,23,27H,4-5,8-9H2,(H,29,32)(H2,26,28,33). The summed E-state index contributed by atoms with van der Waals surface area (Å²) in [6.45, 7) is 0. The van der Waals surface area contributed by atoms with Crippen LogP contribution in [-0.2, 0) is 4.79 Å². The highest BCUT2D eigenvalue weighted by Crippen LogP contribution is 2.31. The topological polar surface area (TPSA) is 100 Å². The first-order valence-corrected chi connectivity index (χ1v) is 11.1. The van der Waals surface area contributed by atoms with Crippen molar-refractivity contribution >= 4 is 23.4 Å². The van der Waals surface area contributed by atoms with Crippen LogP contribution >= 0.6 is 0 Å². The predicted octanol–water partition coefficient (Wildman–Crippen LogP) is 4.07. The zero-order valence-electron chi connectivity index (χ0n) is 17.9. The number of nitrogens with zero attached hydrogens (tertiary/aromatic N) is 2. The van der Waals surface area contributed by atoms with E-state index < -0.39 is 12.3 Å². The van der Waals surface area contributed by atoms with Gasteiger partial charge in [0, 0.05) is 23.4 Å². The molecule has 170 valence electrons. The minimum atomic E-state index is -0.588. The number of halogens is 1. The number of rotatable bonds is 4. The van der Waals surface area contributed by atoms with Gasteiger partial charge in [-0.25, -0.2) is 13.9 Å².